The van der Waals surface area contributed by atoms with Crippen molar-refractivity contribution in [2.75, 3.05) is 11.9 Å². The molecule has 0 saturated heterocycles. The number of nitro groups is 1. The van der Waals surface area contributed by atoms with E-state index in [0.29, 0.717) is 0 Å². The third-order valence-electron chi connectivity index (χ3n) is 2.54. The lowest BCUT2D eigenvalue weighted by molar-refractivity contribution is -0.384. The average molecular weight is 231 g/mol. The summed E-state index contributed by atoms with van der Waals surface area (Å²) in [6.45, 7) is 4.73. The van der Waals surface area contributed by atoms with Crippen molar-refractivity contribution in [2.45, 2.75) is 13.8 Å². The van der Waals surface area contributed by atoms with Gasteiger partial charge in [0.1, 0.15) is 5.82 Å². The molecule has 5 heteroatoms. The van der Waals surface area contributed by atoms with Crippen LogP contribution < -0.4 is 5.32 Å². The molecule has 0 spiro atoms. The fourth-order valence-corrected chi connectivity index (χ4v) is 1.73. The van der Waals surface area contributed by atoms with Gasteiger partial charge in [-0.25, -0.2) is 4.98 Å². The highest BCUT2D eigenvalue weighted by molar-refractivity contribution is 5.83. The third kappa shape index (κ3) is 2.18. The molecule has 5 nitrogen and oxygen atoms in total. The molecule has 1 N–H and O–H groups in total. The molecule has 0 aliphatic heterocycles. The molecule has 0 amide bonds. The van der Waals surface area contributed by atoms with E-state index >= 15 is 0 Å². The van der Waals surface area contributed by atoms with Crippen LogP contribution >= 0.6 is 0 Å². The second-order valence-electron chi connectivity index (χ2n) is 3.82. The molecule has 0 aliphatic carbocycles. The Kier molecular flexibility index (Phi) is 2.91. The van der Waals surface area contributed by atoms with Crippen molar-refractivity contribution in [3.63, 3.8) is 0 Å². The van der Waals surface area contributed by atoms with E-state index in [1.807, 2.05) is 19.9 Å². The van der Waals surface area contributed by atoms with Crippen molar-refractivity contribution in [2.24, 2.45) is 0 Å². The minimum absolute atomic E-state index is 0.0925. The summed E-state index contributed by atoms with van der Waals surface area (Å²) in [6, 6.07) is 6.60. The number of nitrogens with zero attached hydrogens (tertiary/aromatic N) is 2. The average Bonchev–Trinajstić information content (AvgIpc) is 2.29. The predicted octanol–water partition coefficient (Wildman–Crippen LogP) is 2.88. The number of aryl methyl sites for hydroxylation is 1. The van der Waals surface area contributed by atoms with Crippen LogP contribution in [-0.2, 0) is 0 Å². The Morgan fingerprint density at radius 2 is 2.18 bits per heavy atom. The zero-order valence-electron chi connectivity index (χ0n) is 9.73. The number of aromatic nitrogens is 1. The molecule has 1 aromatic carbocycles. The molecule has 88 valence electrons. The third-order valence-corrected chi connectivity index (χ3v) is 2.54. The number of hydrogen-bond acceptors (Lipinski definition) is 4. The van der Waals surface area contributed by atoms with Crippen LogP contribution in [0.5, 0.6) is 0 Å². The number of non-ortho nitro benzene ring substituents is 1. The number of rotatable bonds is 3. The van der Waals surface area contributed by atoms with Crippen LogP contribution in [0.3, 0.4) is 0 Å². The van der Waals surface area contributed by atoms with Gasteiger partial charge in [0.25, 0.3) is 5.69 Å². The number of pyridine rings is 1. The van der Waals surface area contributed by atoms with Gasteiger partial charge in [-0.2, -0.15) is 0 Å². The lowest BCUT2D eigenvalue weighted by Gasteiger charge is -2.07. The Morgan fingerprint density at radius 1 is 1.41 bits per heavy atom. The van der Waals surface area contributed by atoms with E-state index < -0.39 is 4.92 Å². The molecule has 17 heavy (non-hydrogen) atoms. The second kappa shape index (κ2) is 4.37. The fourth-order valence-electron chi connectivity index (χ4n) is 1.73. The zero-order chi connectivity index (χ0) is 12.4. The van der Waals surface area contributed by atoms with Crippen LogP contribution in [0.2, 0.25) is 0 Å². The summed E-state index contributed by atoms with van der Waals surface area (Å²) in [5, 5.41) is 14.6. The van der Waals surface area contributed by atoms with E-state index in [-0.39, 0.29) is 5.69 Å². The number of anilines is 1. The minimum atomic E-state index is -0.396. The van der Waals surface area contributed by atoms with Crippen LogP contribution in [0.15, 0.2) is 24.3 Å². The van der Waals surface area contributed by atoms with Crippen molar-refractivity contribution in [3.05, 3.63) is 39.9 Å². The first-order valence-corrected chi connectivity index (χ1v) is 5.41. The molecule has 2 aromatic rings. The highest BCUT2D eigenvalue weighted by Crippen LogP contribution is 2.23. The van der Waals surface area contributed by atoms with Crippen molar-refractivity contribution in [3.8, 4) is 0 Å². The Morgan fingerprint density at radius 3 is 2.82 bits per heavy atom. The van der Waals surface area contributed by atoms with E-state index in [2.05, 4.69) is 10.3 Å². The van der Waals surface area contributed by atoms with Gasteiger partial charge < -0.3 is 5.32 Å². The summed E-state index contributed by atoms with van der Waals surface area (Å²) in [5.74, 6) is 0.828. The van der Waals surface area contributed by atoms with Gasteiger partial charge in [0.15, 0.2) is 0 Å². The lowest BCUT2D eigenvalue weighted by atomic mass is 10.1. The van der Waals surface area contributed by atoms with E-state index in [1.165, 1.54) is 6.07 Å². The first-order valence-electron chi connectivity index (χ1n) is 5.41. The van der Waals surface area contributed by atoms with Crippen LogP contribution in [0.1, 0.15) is 12.5 Å². The lowest BCUT2D eigenvalue weighted by Crippen LogP contribution is -2.01. The zero-order valence-corrected chi connectivity index (χ0v) is 9.73. The van der Waals surface area contributed by atoms with Crippen LogP contribution in [0.25, 0.3) is 10.9 Å². The SMILES string of the molecule is CCNc1nc2ccc([N+](=O)[O-])cc2cc1C. The van der Waals surface area contributed by atoms with Crippen LogP contribution in [0, 0.1) is 17.0 Å². The Bertz CT molecular complexity index is 581. The van der Waals surface area contributed by atoms with Crippen LogP contribution in [-0.4, -0.2) is 16.5 Å². The molecule has 0 bridgehead atoms. The van der Waals surface area contributed by atoms with Gasteiger partial charge in [0.2, 0.25) is 0 Å². The maximum absolute atomic E-state index is 10.7. The number of fused-ring (bicyclic) bond motifs is 1. The highest BCUT2D eigenvalue weighted by Gasteiger charge is 2.08. The molecule has 0 radical (unpaired) electrons. The number of benzene rings is 1. The molecule has 1 heterocycles. The molecule has 0 unspecified atom stereocenters. The van der Waals surface area contributed by atoms with Crippen molar-refractivity contribution >= 4 is 22.4 Å². The monoisotopic (exact) mass is 231 g/mol. The Balaban J connectivity index is 2.57. The summed E-state index contributed by atoms with van der Waals surface area (Å²) >= 11 is 0. The van der Waals surface area contributed by atoms with Crippen LogP contribution in [0.4, 0.5) is 11.5 Å². The smallest absolute Gasteiger partial charge is 0.270 e. The highest BCUT2D eigenvalue weighted by atomic mass is 16.6. The number of nitro benzene ring substituents is 1. The van der Waals surface area contributed by atoms with Gasteiger partial charge in [-0.05, 0) is 31.5 Å². The summed E-state index contributed by atoms with van der Waals surface area (Å²) in [4.78, 5) is 14.7. The summed E-state index contributed by atoms with van der Waals surface area (Å²) < 4.78 is 0. The molecular formula is C12H13N3O2. The van der Waals surface area contributed by atoms with Gasteiger partial charge in [-0.1, -0.05) is 0 Å². The van der Waals surface area contributed by atoms with Gasteiger partial charge in [-0.3, -0.25) is 10.1 Å². The van der Waals surface area contributed by atoms with E-state index in [1.54, 1.807) is 12.1 Å². The normalized spacial score (nSPS) is 10.5. The largest absolute Gasteiger partial charge is 0.370 e. The molecule has 0 atom stereocenters. The second-order valence-corrected chi connectivity index (χ2v) is 3.82. The first kappa shape index (κ1) is 11.3. The maximum atomic E-state index is 10.7. The van der Waals surface area contributed by atoms with Gasteiger partial charge in [-0.15, -0.1) is 0 Å². The van der Waals surface area contributed by atoms with Gasteiger partial charge >= 0.3 is 0 Å². The standard InChI is InChI=1S/C12H13N3O2/c1-3-13-12-8(2)6-9-7-10(15(16)17)4-5-11(9)14-12/h4-7H,3H2,1-2H3,(H,13,14). The predicted molar refractivity (Wildman–Crippen MR) is 67.3 cm³/mol. The van der Waals surface area contributed by atoms with E-state index in [0.717, 1.165) is 28.8 Å². The number of hydrogen-bond donors (Lipinski definition) is 1. The molecule has 2 rings (SSSR count). The van der Waals surface area contributed by atoms with E-state index in [4.69, 9.17) is 0 Å². The summed E-state index contributed by atoms with van der Waals surface area (Å²) in [5.41, 5.74) is 1.84. The molecule has 0 saturated carbocycles. The fraction of sp³-hybridized carbons (Fsp3) is 0.250. The Labute approximate surface area is 98.6 Å². The van der Waals surface area contributed by atoms with E-state index in [9.17, 15) is 10.1 Å². The quantitative estimate of drug-likeness (QED) is 0.651. The Hall–Kier alpha value is -2.17. The number of nitrogens with one attached hydrogen (secondary N) is 1. The molecular weight excluding hydrogens is 218 g/mol. The molecule has 1 aromatic heterocycles. The van der Waals surface area contributed by atoms with Gasteiger partial charge in [0, 0.05) is 24.1 Å². The molecule has 0 fully saturated rings. The van der Waals surface area contributed by atoms with Crippen molar-refractivity contribution < 1.29 is 4.92 Å². The van der Waals surface area contributed by atoms with Crippen molar-refractivity contribution in [1.29, 1.82) is 0 Å². The summed E-state index contributed by atoms with van der Waals surface area (Å²) in [6.07, 6.45) is 0. The van der Waals surface area contributed by atoms with Gasteiger partial charge in [0.05, 0.1) is 10.4 Å². The maximum Gasteiger partial charge on any atom is 0.270 e. The summed E-state index contributed by atoms with van der Waals surface area (Å²) in [7, 11) is 0. The first-order chi connectivity index (χ1) is 8.11. The molecule has 0 aliphatic rings. The van der Waals surface area contributed by atoms with Crippen molar-refractivity contribution in [1.82, 2.24) is 4.98 Å². The topological polar surface area (TPSA) is 68.1 Å². The minimum Gasteiger partial charge on any atom is -0.370 e.